The maximum Gasteiger partial charge on any atom is 0.123 e. The lowest BCUT2D eigenvalue weighted by Crippen LogP contribution is -2.23. The summed E-state index contributed by atoms with van der Waals surface area (Å²) < 4.78 is 17.9. The zero-order valence-corrected chi connectivity index (χ0v) is 6.27. The number of methoxy groups -OCH3 is 1. The number of halogens is 1. The SMILES string of the molecule is C=C1CCC(OC)CC1F. The second-order valence-electron chi connectivity index (χ2n) is 2.76. The predicted molar refractivity (Wildman–Crippen MR) is 38.7 cm³/mol. The van der Waals surface area contributed by atoms with Crippen molar-refractivity contribution in [1.29, 1.82) is 0 Å². The van der Waals surface area contributed by atoms with E-state index in [9.17, 15) is 4.39 Å². The van der Waals surface area contributed by atoms with E-state index < -0.39 is 6.17 Å². The summed E-state index contributed by atoms with van der Waals surface area (Å²) in [4.78, 5) is 0. The van der Waals surface area contributed by atoms with Crippen molar-refractivity contribution in [2.75, 3.05) is 7.11 Å². The lowest BCUT2D eigenvalue weighted by molar-refractivity contribution is 0.0576. The highest BCUT2D eigenvalue weighted by molar-refractivity contribution is 5.06. The fourth-order valence-corrected chi connectivity index (χ4v) is 1.23. The molecule has 2 atom stereocenters. The molecule has 0 aromatic rings. The van der Waals surface area contributed by atoms with E-state index in [1.54, 1.807) is 7.11 Å². The first-order valence-corrected chi connectivity index (χ1v) is 3.58. The van der Waals surface area contributed by atoms with Crippen molar-refractivity contribution >= 4 is 0 Å². The summed E-state index contributed by atoms with van der Waals surface area (Å²) >= 11 is 0. The molecular weight excluding hydrogens is 131 g/mol. The van der Waals surface area contributed by atoms with E-state index in [2.05, 4.69) is 6.58 Å². The number of alkyl halides is 1. The van der Waals surface area contributed by atoms with Gasteiger partial charge in [0.1, 0.15) is 6.17 Å². The second kappa shape index (κ2) is 3.15. The van der Waals surface area contributed by atoms with Crippen LogP contribution < -0.4 is 0 Å². The van der Waals surface area contributed by atoms with Crippen molar-refractivity contribution in [2.24, 2.45) is 0 Å². The molecule has 1 aliphatic carbocycles. The predicted octanol–water partition coefficient (Wildman–Crippen LogP) is 2.08. The van der Waals surface area contributed by atoms with Crippen molar-refractivity contribution in [3.05, 3.63) is 12.2 Å². The molecule has 1 saturated carbocycles. The molecule has 0 radical (unpaired) electrons. The third-order valence-corrected chi connectivity index (χ3v) is 2.03. The molecule has 0 N–H and O–H groups in total. The zero-order valence-electron chi connectivity index (χ0n) is 6.27. The second-order valence-corrected chi connectivity index (χ2v) is 2.76. The molecule has 0 aromatic heterocycles. The third kappa shape index (κ3) is 1.57. The summed E-state index contributed by atoms with van der Waals surface area (Å²) in [7, 11) is 1.63. The van der Waals surface area contributed by atoms with Gasteiger partial charge in [0.25, 0.3) is 0 Å². The molecule has 1 aliphatic rings. The Kier molecular flexibility index (Phi) is 2.44. The lowest BCUT2D eigenvalue weighted by Gasteiger charge is -2.24. The summed E-state index contributed by atoms with van der Waals surface area (Å²) in [6.07, 6.45) is 1.48. The van der Waals surface area contributed by atoms with Crippen LogP contribution in [0.2, 0.25) is 0 Å². The Labute approximate surface area is 60.9 Å². The van der Waals surface area contributed by atoms with E-state index in [1.807, 2.05) is 0 Å². The smallest absolute Gasteiger partial charge is 0.123 e. The van der Waals surface area contributed by atoms with Gasteiger partial charge in [-0.25, -0.2) is 4.39 Å². The van der Waals surface area contributed by atoms with E-state index in [0.29, 0.717) is 6.42 Å². The molecule has 1 fully saturated rings. The largest absolute Gasteiger partial charge is 0.381 e. The fourth-order valence-electron chi connectivity index (χ4n) is 1.23. The zero-order chi connectivity index (χ0) is 7.56. The van der Waals surface area contributed by atoms with Gasteiger partial charge in [0, 0.05) is 13.5 Å². The van der Waals surface area contributed by atoms with Gasteiger partial charge in [0.2, 0.25) is 0 Å². The Hall–Kier alpha value is -0.370. The molecule has 0 aromatic carbocycles. The van der Waals surface area contributed by atoms with Crippen molar-refractivity contribution in [1.82, 2.24) is 0 Å². The quantitative estimate of drug-likeness (QED) is 0.512. The summed E-state index contributed by atoms with van der Waals surface area (Å²) in [6.45, 7) is 3.63. The molecule has 2 unspecified atom stereocenters. The molecular formula is C8H13FO. The highest BCUT2D eigenvalue weighted by atomic mass is 19.1. The van der Waals surface area contributed by atoms with Gasteiger partial charge in [-0.1, -0.05) is 6.58 Å². The van der Waals surface area contributed by atoms with Crippen LogP contribution in [0.1, 0.15) is 19.3 Å². The Balaban J connectivity index is 2.40. The Bertz CT molecular complexity index is 133. The molecule has 2 heteroatoms. The fraction of sp³-hybridized carbons (Fsp3) is 0.750. The molecule has 1 nitrogen and oxygen atoms in total. The van der Waals surface area contributed by atoms with E-state index in [1.165, 1.54) is 0 Å². The van der Waals surface area contributed by atoms with Gasteiger partial charge in [-0.15, -0.1) is 0 Å². The van der Waals surface area contributed by atoms with Crippen LogP contribution in [0, 0.1) is 0 Å². The van der Waals surface area contributed by atoms with Crippen LogP contribution in [0.5, 0.6) is 0 Å². The molecule has 0 bridgehead atoms. The topological polar surface area (TPSA) is 9.23 Å². The van der Waals surface area contributed by atoms with Crippen molar-refractivity contribution in [3.63, 3.8) is 0 Å². The first kappa shape index (κ1) is 7.73. The standard InChI is InChI=1S/C8H13FO/c1-6-3-4-7(10-2)5-8(6)9/h7-8H,1,3-5H2,2H3. The number of rotatable bonds is 1. The summed E-state index contributed by atoms with van der Waals surface area (Å²) in [5.41, 5.74) is 0.730. The van der Waals surface area contributed by atoms with Crippen LogP contribution in [0.15, 0.2) is 12.2 Å². The Morgan fingerprint density at radius 1 is 1.70 bits per heavy atom. The molecule has 0 aliphatic heterocycles. The van der Waals surface area contributed by atoms with Gasteiger partial charge in [-0.3, -0.25) is 0 Å². The lowest BCUT2D eigenvalue weighted by atomic mass is 9.92. The summed E-state index contributed by atoms with van der Waals surface area (Å²) in [5, 5.41) is 0. The summed E-state index contributed by atoms with van der Waals surface area (Å²) in [6, 6.07) is 0. The number of ether oxygens (including phenoxy) is 1. The molecule has 1 rings (SSSR count). The maximum atomic E-state index is 12.8. The first-order chi connectivity index (χ1) is 4.74. The van der Waals surface area contributed by atoms with E-state index >= 15 is 0 Å². The molecule has 0 amide bonds. The maximum absolute atomic E-state index is 12.8. The van der Waals surface area contributed by atoms with Gasteiger partial charge < -0.3 is 4.74 Å². The van der Waals surface area contributed by atoms with Crippen molar-refractivity contribution < 1.29 is 9.13 Å². The monoisotopic (exact) mass is 144 g/mol. The Morgan fingerprint density at radius 2 is 2.40 bits per heavy atom. The van der Waals surface area contributed by atoms with Gasteiger partial charge in [-0.2, -0.15) is 0 Å². The highest BCUT2D eigenvalue weighted by Crippen LogP contribution is 2.26. The average molecular weight is 144 g/mol. The number of allylic oxidation sites excluding steroid dienone is 1. The van der Waals surface area contributed by atoms with Crippen molar-refractivity contribution in [2.45, 2.75) is 31.5 Å². The van der Waals surface area contributed by atoms with Gasteiger partial charge in [0.05, 0.1) is 6.10 Å². The molecule has 0 heterocycles. The molecule has 0 saturated heterocycles. The van der Waals surface area contributed by atoms with E-state index in [-0.39, 0.29) is 6.10 Å². The van der Waals surface area contributed by atoms with Gasteiger partial charge in [-0.05, 0) is 18.4 Å². The summed E-state index contributed by atoms with van der Waals surface area (Å²) in [5.74, 6) is 0. The number of hydrogen-bond acceptors (Lipinski definition) is 1. The minimum Gasteiger partial charge on any atom is -0.381 e. The highest BCUT2D eigenvalue weighted by Gasteiger charge is 2.23. The minimum absolute atomic E-state index is 0.112. The number of hydrogen-bond donors (Lipinski definition) is 0. The van der Waals surface area contributed by atoms with E-state index in [4.69, 9.17) is 4.74 Å². The normalized spacial score (nSPS) is 34.4. The molecule has 58 valence electrons. The van der Waals surface area contributed by atoms with Crippen LogP contribution in [-0.4, -0.2) is 19.4 Å². The first-order valence-electron chi connectivity index (χ1n) is 3.58. The van der Waals surface area contributed by atoms with Crippen LogP contribution in [0.3, 0.4) is 0 Å². The van der Waals surface area contributed by atoms with E-state index in [0.717, 1.165) is 18.4 Å². The molecule has 0 spiro atoms. The third-order valence-electron chi connectivity index (χ3n) is 2.03. The van der Waals surface area contributed by atoms with Gasteiger partial charge >= 0.3 is 0 Å². The van der Waals surface area contributed by atoms with Crippen LogP contribution in [-0.2, 0) is 4.74 Å². The minimum atomic E-state index is -0.835. The average Bonchev–Trinajstić information content (AvgIpc) is 1.95. The Morgan fingerprint density at radius 3 is 2.90 bits per heavy atom. The van der Waals surface area contributed by atoms with Crippen LogP contribution in [0.25, 0.3) is 0 Å². The molecule has 10 heavy (non-hydrogen) atoms. The van der Waals surface area contributed by atoms with Gasteiger partial charge in [0.15, 0.2) is 0 Å². The van der Waals surface area contributed by atoms with Crippen LogP contribution >= 0.6 is 0 Å². The van der Waals surface area contributed by atoms with Crippen molar-refractivity contribution in [3.8, 4) is 0 Å². The van der Waals surface area contributed by atoms with Crippen LogP contribution in [0.4, 0.5) is 4.39 Å².